The second kappa shape index (κ2) is 7.00. The molecule has 3 rings (SSSR count). The molecule has 0 fully saturated rings. The average Bonchev–Trinajstić information content (AvgIpc) is 2.59. The molecular weight excluding hydrogens is 337 g/mol. The number of phenolic OH excluding ortho intramolecular Hbond substituents is 1. The molecule has 3 aromatic rings. The zero-order valence-corrected chi connectivity index (χ0v) is 14.4. The number of nitrogens with zero attached hydrogens (tertiary/aromatic N) is 1. The lowest BCUT2D eigenvalue weighted by molar-refractivity contribution is -0.139. The topological polar surface area (TPSA) is 79.7 Å². The van der Waals surface area contributed by atoms with Gasteiger partial charge in [0.05, 0.1) is 5.69 Å². The van der Waals surface area contributed by atoms with Gasteiger partial charge in [-0.1, -0.05) is 26.0 Å². The number of rotatable bonds is 5. The van der Waals surface area contributed by atoms with E-state index >= 15 is 0 Å². The minimum Gasteiger partial charge on any atom is -0.508 e. The largest absolute Gasteiger partial charge is 0.508 e. The quantitative estimate of drug-likeness (QED) is 0.712. The van der Waals surface area contributed by atoms with E-state index in [0.717, 1.165) is 16.5 Å². The van der Waals surface area contributed by atoms with Gasteiger partial charge in [-0.05, 0) is 47.2 Å². The fraction of sp³-hybridized carbons (Fsp3) is 0.200. The van der Waals surface area contributed by atoms with Crippen molar-refractivity contribution in [2.75, 3.05) is 6.61 Å². The fourth-order valence-corrected chi connectivity index (χ4v) is 2.87. The Bertz CT molecular complexity index is 968. The Morgan fingerprint density at radius 3 is 2.46 bits per heavy atom. The molecule has 0 aliphatic heterocycles. The number of aliphatic carboxylic acids is 1. The highest BCUT2D eigenvalue weighted by atomic mass is 19.1. The van der Waals surface area contributed by atoms with Gasteiger partial charge in [-0.2, -0.15) is 0 Å². The number of aromatic hydroxyl groups is 1. The van der Waals surface area contributed by atoms with E-state index in [-0.39, 0.29) is 23.4 Å². The second-order valence-corrected chi connectivity index (χ2v) is 6.25. The van der Waals surface area contributed by atoms with Crippen molar-refractivity contribution >= 4 is 16.7 Å². The van der Waals surface area contributed by atoms with Gasteiger partial charge < -0.3 is 14.9 Å². The van der Waals surface area contributed by atoms with Crippen molar-refractivity contribution in [2.45, 2.75) is 19.8 Å². The van der Waals surface area contributed by atoms with Crippen molar-refractivity contribution in [3.05, 3.63) is 54.0 Å². The molecule has 0 unspecified atom stereocenters. The van der Waals surface area contributed by atoms with Gasteiger partial charge in [-0.15, -0.1) is 0 Å². The number of carboxylic acids is 1. The number of hydrogen-bond acceptors (Lipinski definition) is 4. The van der Waals surface area contributed by atoms with Gasteiger partial charge in [0.25, 0.3) is 0 Å². The molecule has 5 nitrogen and oxygen atoms in total. The van der Waals surface area contributed by atoms with E-state index < -0.39 is 12.6 Å². The summed E-state index contributed by atoms with van der Waals surface area (Å²) in [4.78, 5) is 15.4. The maximum absolute atomic E-state index is 13.3. The standard InChI is InChI=1S/C20H18FNO4/c1-11(2)19-18(12-3-5-13(21)6-4-12)15-8-7-14(23)9-16(15)20(22-19)26-10-17(24)25/h3-9,11,23H,10H2,1-2H3,(H,24,25). The van der Waals surface area contributed by atoms with Crippen LogP contribution in [0.25, 0.3) is 21.9 Å². The first kappa shape index (κ1) is 17.7. The Kier molecular flexibility index (Phi) is 4.75. The molecule has 134 valence electrons. The molecule has 0 bridgehead atoms. The van der Waals surface area contributed by atoms with Crippen LogP contribution >= 0.6 is 0 Å². The van der Waals surface area contributed by atoms with Crippen molar-refractivity contribution in [2.24, 2.45) is 0 Å². The van der Waals surface area contributed by atoms with Crippen LogP contribution in [0.15, 0.2) is 42.5 Å². The first-order valence-corrected chi connectivity index (χ1v) is 8.14. The molecule has 1 aromatic heterocycles. The number of ether oxygens (including phenoxy) is 1. The van der Waals surface area contributed by atoms with Crippen LogP contribution in [-0.4, -0.2) is 27.8 Å². The van der Waals surface area contributed by atoms with Crippen LogP contribution in [0.2, 0.25) is 0 Å². The molecule has 0 aliphatic carbocycles. The molecule has 0 saturated heterocycles. The molecule has 1 heterocycles. The maximum atomic E-state index is 13.3. The molecule has 2 aromatic carbocycles. The zero-order chi connectivity index (χ0) is 18.8. The Morgan fingerprint density at radius 2 is 1.85 bits per heavy atom. The van der Waals surface area contributed by atoms with Crippen LogP contribution in [0.3, 0.4) is 0 Å². The van der Waals surface area contributed by atoms with Crippen LogP contribution in [0, 0.1) is 5.82 Å². The molecule has 0 amide bonds. The summed E-state index contributed by atoms with van der Waals surface area (Å²) in [6, 6.07) is 10.8. The third-order valence-corrected chi connectivity index (χ3v) is 3.99. The number of aromatic nitrogens is 1. The van der Waals surface area contributed by atoms with E-state index in [2.05, 4.69) is 4.98 Å². The Labute approximate surface area is 149 Å². The summed E-state index contributed by atoms with van der Waals surface area (Å²) in [5, 5.41) is 20.0. The maximum Gasteiger partial charge on any atom is 0.341 e. The Morgan fingerprint density at radius 1 is 1.15 bits per heavy atom. The third kappa shape index (κ3) is 3.44. The van der Waals surface area contributed by atoms with E-state index in [1.165, 1.54) is 18.2 Å². The van der Waals surface area contributed by atoms with Crippen molar-refractivity contribution in [3.63, 3.8) is 0 Å². The molecular formula is C20H18FNO4. The van der Waals surface area contributed by atoms with E-state index in [1.807, 2.05) is 13.8 Å². The lowest BCUT2D eigenvalue weighted by Gasteiger charge is -2.18. The summed E-state index contributed by atoms with van der Waals surface area (Å²) in [5.41, 5.74) is 2.29. The predicted molar refractivity (Wildman–Crippen MR) is 96.0 cm³/mol. The Balaban J connectivity index is 2.32. The summed E-state index contributed by atoms with van der Waals surface area (Å²) in [5.74, 6) is -1.28. The van der Waals surface area contributed by atoms with Gasteiger partial charge >= 0.3 is 5.97 Å². The van der Waals surface area contributed by atoms with Crippen LogP contribution < -0.4 is 4.74 Å². The summed E-state index contributed by atoms with van der Waals surface area (Å²) in [6.07, 6.45) is 0. The lowest BCUT2D eigenvalue weighted by atomic mass is 9.92. The summed E-state index contributed by atoms with van der Waals surface area (Å²) in [7, 11) is 0. The van der Waals surface area contributed by atoms with Gasteiger partial charge in [0, 0.05) is 10.9 Å². The Hall–Kier alpha value is -3.15. The van der Waals surface area contributed by atoms with Crippen LogP contribution in [-0.2, 0) is 4.79 Å². The predicted octanol–water partition coefficient (Wildman–Crippen LogP) is 4.33. The number of fused-ring (bicyclic) bond motifs is 1. The highest BCUT2D eigenvalue weighted by Crippen LogP contribution is 2.39. The molecule has 26 heavy (non-hydrogen) atoms. The molecule has 0 atom stereocenters. The number of halogens is 1. The average molecular weight is 355 g/mol. The van der Waals surface area contributed by atoms with Crippen LogP contribution in [0.1, 0.15) is 25.5 Å². The second-order valence-electron chi connectivity index (χ2n) is 6.25. The molecule has 2 N–H and O–H groups in total. The van der Waals surface area contributed by atoms with E-state index in [0.29, 0.717) is 11.1 Å². The van der Waals surface area contributed by atoms with E-state index in [9.17, 15) is 14.3 Å². The number of carbonyl (C=O) groups is 1. The molecule has 0 spiro atoms. The minimum absolute atomic E-state index is 0.0143. The van der Waals surface area contributed by atoms with Gasteiger partial charge in [0.2, 0.25) is 5.88 Å². The monoisotopic (exact) mass is 355 g/mol. The van der Waals surface area contributed by atoms with Crippen LogP contribution in [0.4, 0.5) is 4.39 Å². The third-order valence-electron chi connectivity index (χ3n) is 3.99. The van der Waals surface area contributed by atoms with Crippen molar-refractivity contribution in [1.82, 2.24) is 4.98 Å². The van der Waals surface area contributed by atoms with Gasteiger partial charge in [-0.3, -0.25) is 0 Å². The first-order chi connectivity index (χ1) is 12.4. The lowest BCUT2D eigenvalue weighted by Crippen LogP contribution is -2.12. The number of benzene rings is 2. The number of phenols is 1. The SMILES string of the molecule is CC(C)c1nc(OCC(=O)O)c2cc(O)ccc2c1-c1ccc(F)cc1. The molecule has 0 radical (unpaired) electrons. The normalized spacial score (nSPS) is 11.1. The number of hydrogen-bond donors (Lipinski definition) is 2. The fourth-order valence-electron chi connectivity index (χ4n) is 2.87. The molecule has 6 heteroatoms. The van der Waals surface area contributed by atoms with E-state index in [4.69, 9.17) is 9.84 Å². The van der Waals surface area contributed by atoms with Crippen molar-refractivity contribution in [1.29, 1.82) is 0 Å². The summed E-state index contributed by atoms with van der Waals surface area (Å²) >= 11 is 0. The van der Waals surface area contributed by atoms with Gasteiger partial charge in [-0.25, -0.2) is 14.2 Å². The molecule has 0 aliphatic rings. The minimum atomic E-state index is -1.12. The first-order valence-electron chi connectivity index (χ1n) is 8.14. The van der Waals surface area contributed by atoms with Crippen molar-refractivity contribution < 1.29 is 24.1 Å². The highest BCUT2D eigenvalue weighted by Gasteiger charge is 2.19. The van der Waals surface area contributed by atoms with Gasteiger partial charge in [0.1, 0.15) is 11.6 Å². The molecule has 0 saturated carbocycles. The van der Waals surface area contributed by atoms with Crippen molar-refractivity contribution in [3.8, 4) is 22.8 Å². The smallest absolute Gasteiger partial charge is 0.341 e. The zero-order valence-electron chi connectivity index (χ0n) is 14.4. The van der Waals surface area contributed by atoms with Gasteiger partial charge in [0.15, 0.2) is 6.61 Å². The summed E-state index contributed by atoms with van der Waals surface area (Å²) in [6.45, 7) is 3.39. The van der Waals surface area contributed by atoms with Crippen LogP contribution in [0.5, 0.6) is 11.6 Å². The number of pyridine rings is 1. The number of carboxylic acid groups (broad SMARTS) is 1. The van der Waals surface area contributed by atoms with E-state index in [1.54, 1.807) is 24.3 Å². The highest BCUT2D eigenvalue weighted by molar-refractivity contribution is 6.01. The summed E-state index contributed by atoms with van der Waals surface area (Å²) < 4.78 is 18.7.